The van der Waals surface area contributed by atoms with Gasteiger partial charge in [-0.05, 0) is 12.8 Å². The maximum Gasteiger partial charge on any atom is 0.0891 e. The van der Waals surface area contributed by atoms with Gasteiger partial charge in [-0.15, -0.1) is 0 Å². The number of nitrogens with zero attached hydrogens (tertiary/aromatic N) is 2. The number of hydrogen-bond acceptors (Lipinski definition) is 3. The van der Waals surface area contributed by atoms with E-state index in [2.05, 4.69) is 25.9 Å². The fraction of sp³-hybridized carbons (Fsp3) is 0.812. The molecule has 0 saturated heterocycles. The summed E-state index contributed by atoms with van der Waals surface area (Å²) >= 11 is 0. The first-order valence-electron chi connectivity index (χ1n) is 7.72. The monoisotopic (exact) mass is 279 g/mol. The second-order valence-electron chi connectivity index (χ2n) is 7.39. The summed E-state index contributed by atoms with van der Waals surface area (Å²) < 4.78 is 1.81. The number of nitrogens with two attached hydrogens (primary N) is 1. The van der Waals surface area contributed by atoms with Crippen LogP contribution in [0.1, 0.15) is 70.2 Å². The summed E-state index contributed by atoms with van der Waals surface area (Å²) in [5, 5.41) is 15.6. The fourth-order valence-electron chi connectivity index (χ4n) is 3.46. The summed E-state index contributed by atoms with van der Waals surface area (Å²) in [6.45, 7) is 6.97. The van der Waals surface area contributed by atoms with Crippen LogP contribution in [0.5, 0.6) is 0 Å². The minimum atomic E-state index is -0.504. The number of aliphatic hydroxyl groups excluding tert-OH is 1. The van der Waals surface area contributed by atoms with Gasteiger partial charge in [-0.1, -0.05) is 40.0 Å². The molecule has 1 aromatic heterocycles. The highest BCUT2D eigenvalue weighted by Crippen LogP contribution is 2.46. The summed E-state index contributed by atoms with van der Waals surface area (Å²) in [5.74, 6) is 0. The highest BCUT2D eigenvalue weighted by atomic mass is 16.3. The molecule has 1 aliphatic carbocycles. The lowest BCUT2D eigenvalue weighted by molar-refractivity contribution is -0.000390. The first-order valence-corrected chi connectivity index (χ1v) is 7.72. The van der Waals surface area contributed by atoms with E-state index in [4.69, 9.17) is 5.73 Å². The molecule has 1 aromatic rings. The first-order chi connectivity index (χ1) is 9.30. The molecule has 1 aliphatic rings. The minimum Gasteiger partial charge on any atom is -0.388 e. The summed E-state index contributed by atoms with van der Waals surface area (Å²) in [5.41, 5.74) is 7.78. The van der Waals surface area contributed by atoms with Gasteiger partial charge in [0.15, 0.2) is 0 Å². The van der Waals surface area contributed by atoms with Crippen LogP contribution in [0.25, 0.3) is 0 Å². The van der Waals surface area contributed by atoms with Gasteiger partial charge in [0.1, 0.15) is 0 Å². The average Bonchev–Trinajstić information content (AvgIpc) is 2.80. The van der Waals surface area contributed by atoms with Crippen LogP contribution in [-0.4, -0.2) is 21.4 Å². The first kappa shape index (κ1) is 15.5. The summed E-state index contributed by atoms with van der Waals surface area (Å²) in [6.07, 6.45) is 7.09. The lowest BCUT2D eigenvalue weighted by Gasteiger charge is -2.40. The van der Waals surface area contributed by atoms with E-state index in [-0.39, 0.29) is 10.8 Å². The number of hydrogen-bond donors (Lipinski definition) is 2. The van der Waals surface area contributed by atoms with Crippen molar-refractivity contribution >= 4 is 0 Å². The van der Waals surface area contributed by atoms with Gasteiger partial charge in [0, 0.05) is 36.2 Å². The van der Waals surface area contributed by atoms with Crippen molar-refractivity contribution in [3.8, 4) is 0 Å². The lowest BCUT2D eigenvalue weighted by atomic mass is 9.67. The number of aliphatic hydroxyl groups is 1. The molecule has 3 N–H and O–H groups in total. The average molecular weight is 279 g/mol. The molecule has 4 nitrogen and oxygen atoms in total. The SMILES string of the molecule is Cn1cc(C(O)C2(CN)CCCCC2)c(C(C)(C)C)n1. The van der Waals surface area contributed by atoms with Crippen LogP contribution in [0, 0.1) is 5.41 Å². The topological polar surface area (TPSA) is 64.1 Å². The Bertz CT molecular complexity index is 453. The Morgan fingerprint density at radius 2 is 1.95 bits per heavy atom. The third-order valence-electron chi connectivity index (χ3n) is 4.70. The van der Waals surface area contributed by atoms with Crippen LogP contribution in [0.15, 0.2) is 6.20 Å². The molecule has 1 heterocycles. The maximum atomic E-state index is 11.0. The van der Waals surface area contributed by atoms with E-state index in [9.17, 15) is 5.11 Å². The Balaban J connectivity index is 2.39. The molecular formula is C16H29N3O. The molecule has 1 saturated carbocycles. The minimum absolute atomic E-state index is 0.0674. The van der Waals surface area contributed by atoms with Gasteiger partial charge < -0.3 is 10.8 Å². The van der Waals surface area contributed by atoms with Crippen LogP contribution in [0.4, 0.5) is 0 Å². The molecule has 0 aromatic carbocycles. The Morgan fingerprint density at radius 3 is 2.45 bits per heavy atom. The maximum absolute atomic E-state index is 11.0. The van der Waals surface area contributed by atoms with Gasteiger partial charge in [-0.3, -0.25) is 4.68 Å². The Hall–Kier alpha value is -0.870. The molecule has 0 spiro atoms. The molecule has 20 heavy (non-hydrogen) atoms. The van der Waals surface area contributed by atoms with Crippen molar-refractivity contribution in [1.82, 2.24) is 9.78 Å². The van der Waals surface area contributed by atoms with Gasteiger partial charge in [-0.25, -0.2) is 0 Å². The molecule has 0 amide bonds. The second kappa shape index (κ2) is 5.49. The molecular weight excluding hydrogens is 250 g/mol. The van der Waals surface area contributed by atoms with Crippen LogP contribution in [0.2, 0.25) is 0 Å². The van der Waals surface area contributed by atoms with Gasteiger partial charge in [0.25, 0.3) is 0 Å². The van der Waals surface area contributed by atoms with Crippen molar-refractivity contribution in [2.45, 2.75) is 64.4 Å². The summed E-state index contributed by atoms with van der Waals surface area (Å²) in [4.78, 5) is 0. The van der Waals surface area contributed by atoms with Crippen molar-refractivity contribution in [3.05, 3.63) is 17.5 Å². The van der Waals surface area contributed by atoms with Crippen molar-refractivity contribution in [2.75, 3.05) is 6.54 Å². The van der Waals surface area contributed by atoms with E-state index in [0.29, 0.717) is 6.54 Å². The number of aromatic nitrogens is 2. The molecule has 0 aliphatic heterocycles. The van der Waals surface area contributed by atoms with E-state index in [1.165, 1.54) is 19.3 Å². The smallest absolute Gasteiger partial charge is 0.0891 e. The molecule has 1 unspecified atom stereocenters. The van der Waals surface area contributed by atoms with Crippen molar-refractivity contribution < 1.29 is 5.11 Å². The molecule has 0 bridgehead atoms. The molecule has 4 heteroatoms. The van der Waals surface area contributed by atoms with Gasteiger partial charge >= 0.3 is 0 Å². The molecule has 114 valence electrons. The number of aryl methyl sites for hydroxylation is 1. The van der Waals surface area contributed by atoms with E-state index < -0.39 is 6.10 Å². The fourth-order valence-corrected chi connectivity index (χ4v) is 3.46. The highest BCUT2D eigenvalue weighted by Gasteiger charge is 2.41. The largest absolute Gasteiger partial charge is 0.388 e. The van der Waals surface area contributed by atoms with Crippen molar-refractivity contribution in [3.63, 3.8) is 0 Å². The third-order valence-corrected chi connectivity index (χ3v) is 4.70. The van der Waals surface area contributed by atoms with Crippen LogP contribution in [0.3, 0.4) is 0 Å². The zero-order valence-corrected chi connectivity index (χ0v) is 13.3. The molecule has 1 atom stereocenters. The van der Waals surface area contributed by atoms with Crippen molar-refractivity contribution in [2.24, 2.45) is 18.2 Å². The van der Waals surface area contributed by atoms with Crippen molar-refractivity contribution in [1.29, 1.82) is 0 Å². The van der Waals surface area contributed by atoms with E-state index >= 15 is 0 Å². The zero-order valence-electron chi connectivity index (χ0n) is 13.3. The number of rotatable bonds is 3. The Kier molecular flexibility index (Phi) is 4.26. The van der Waals surface area contributed by atoms with Crippen LogP contribution < -0.4 is 5.73 Å². The second-order valence-corrected chi connectivity index (χ2v) is 7.39. The quantitative estimate of drug-likeness (QED) is 0.894. The predicted molar refractivity (Wildman–Crippen MR) is 81.4 cm³/mol. The van der Waals surface area contributed by atoms with E-state index in [0.717, 1.165) is 24.1 Å². The Morgan fingerprint density at radius 1 is 1.35 bits per heavy atom. The van der Waals surface area contributed by atoms with Gasteiger partial charge in [-0.2, -0.15) is 5.10 Å². The Labute approximate surface area is 122 Å². The predicted octanol–water partition coefficient (Wildman–Crippen LogP) is 2.66. The van der Waals surface area contributed by atoms with E-state index in [1.54, 1.807) is 0 Å². The van der Waals surface area contributed by atoms with Gasteiger partial charge in [0.05, 0.1) is 11.8 Å². The summed E-state index contributed by atoms with van der Waals surface area (Å²) in [7, 11) is 1.92. The highest BCUT2D eigenvalue weighted by molar-refractivity contribution is 5.28. The van der Waals surface area contributed by atoms with Gasteiger partial charge in [0.2, 0.25) is 0 Å². The third kappa shape index (κ3) is 2.77. The molecule has 0 radical (unpaired) electrons. The normalized spacial score (nSPS) is 20.9. The van der Waals surface area contributed by atoms with Crippen LogP contribution in [-0.2, 0) is 12.5 Å². The molecule has 1 fully saturated rings. The molecule has 2 rings (SSSR count). The zero-order chi connectivity index (χ0) is 15.0. The standard InChI is InChI=1S/C16H29N3O/c1-15(2,3)13-12(10-19(4)18-13)14(20)16(11-17)8-6-5-7-9-16/h10,14,20H,5-9,11,17H2,1-4H3. The lowest BCUT2D eigenvalue weighted by Crippen LogP contribution is -2.39. The van der Waals surface area contributed by atoms with E-state index in [1.807, 2.05) is 17.9 Å². The summed E-state index contributed by atoms with van der Waals surface area (Å²) in [6, 6.07) is 0. The van der Waals surface area contributed by atoms with Crippen LogP contribution >= 0.6 is 0 Å².